The van der Waals surface area contributed by atoms with Gasteiger partial charge in [-0.15, -0.1) is 11.6 Å². The predicted molar refractivity (Wildman–Crippen MR) is 67.1 cm³/mol. The molecule has 1 aromatic carbocycles. The Hall–Kier alpha value is -1.23. The van der Waals surface area contributed by atoms with Gasteiger partial charge in [-0.05, 0) is 17.7 Å². The number of halogens is 2. The van der Waals surface area contributed by atoms with Gasteiger partial charge < -0.3 is 4.90 Å². The van der Waals surface area contributed by atoms with Crippen molar-refractivity contribution in [2.75, 3.05) is 18.0 Å². The van der Waals surface area contributed by atoms with Gasteiger partial charge >= 0.3 is 0 Å². The minimum atomic E-state index is 0.175. The van der Waals surface area contributed by atoms with Crippen molar-refractivity contribution in [1.82, 2.24) is 0 Å². The lowest BCUT2D eigenvalue weighted by atomic mass is 10.2. The highest BCUT2D eigenvalue weighted by molar-refractivity contribution is 9.10. The van der Waals surface area contributed by atoms with Crippen LogP contribution in [0.25, 0.3) is 0 Å². The Balaban J connectivity index is 3.12. The summed E-state index contributed by atoms with van der Waals surface area (Å²) in [6.45, 7) is 0.349. The van der Waals surface area contributed by atoms with E-state index in [1.165, 1.54) is 0 Å². The van der Waals surface area contributed by atoms with Crippen LogP contribution in [0, 0.1) is 22.7 Å². The van der Waals surface area contributed by atoms with Crippen molar-refractivity contribution in [3.63, 3.8) is 0 Å². The number of benzene rings is 1. The molecular weight excluding hydrogens is 289 g/mol. The summed E-state index contributed by atoms with van der Waals surface area (Å²) in [5.74, 6) is 0.357. The van der Waals surface area contributed by atoms with Crippen LogP contribution in [-0.2, 0) is 5.88 Å². The lowest BCUT2D eigenvalue weighted by molar-refractivity contribution is 0.956. The molecule has 0 aromatic heterocycles. The zero-order valence-corrected chi connectivity index (χ0v) is 10.8. The fourth-order valence-corrected chi connectivity index (χ4v) is 1.92. The van der Waals surface area contributed by atoms with Gasteiger partial charge in [-0.1, -0.05) is 22.0 Å². The maximum Gasteiger partial charge on any atom is 0.106 e. The van der Waals surface area contributed by atoms with E-state index >= 15 is 0 Å². The van der Waals surface area contributed by atoms with Crippen LogP contribution >= 0.6 is 27.5 Å². The molecule has 0 amide bonds. The van der Waals surface area contributed by atoms with Gasteiger partial charge in [-0.25, -0.2) is 0 Å². The molecule has 0 unspecified atom stereocenters. The van der Waals surface area contributed by atoms with Gasteiger partial charge in [0.2, 0.25) is 0 Å². The van der Waals surface area contributed by atoms with Crippen molar-refractivity contribution in [3.05, 3.63) is 28.2 Å². The summed E-state index contributed by atoms with van der Waals surface area (Å²) in [5.41, 5.74) is 1.74. The largest absolute Gasteiger partial charge is 0.345 e. The Morgan fingerprint density at radius 1 is 1.25 bits per heavy atom. The van der Waals surface area contributed by atoms with E-state index in [1.807, 2.05) is 30.3 Å². The van der Waals surface area contributed by atoms with Crippen LogP contribution in [0.5, 0.6) is 0 Å². The first kappa shape index (κ1) is 12.8. The van der Waals surface area contributed by atoms with Crippen molar-refractivity contribution in [2.24, 2.45) is 0 Å². The molecule has 0 aliphatic heterocycles. The zero-order chi connectivity index (χ0) is 12.0. The molecule has 0 aliphatic rings. The first-order chi connectivity index (χ1) is 7.72. The molecule has 82 valence electrons. The number of nitrogens with zero attached hydrogens (tertiary/aromatic N) is 3. The van der Waals surface area contributed by atoms with E-state index in [4.69, 9.17) is 22.1 Å². The molecule has 0 bridgehead atoms. The number of rotatable bonds is 4. The molecule has 0 aliphatic carbocycles. The lowest BCUT2D eigenvalue weighted by Gasteiger charge is -2.21. The molecular formula is C11H9BrClN3. The molecule has 0 saturated heterocycles. The first-order valence-electron chi connectivity index (χ1n) is 4.56. The normalized spacial score (nSPS) is 9.25. The van der Waals surface area contributed by atoms with Crippen LogP contribution < -0.4 is 4.90 Å². The van der Waals surface area contributed by atoms with E-state index in [0.29, 0.717) is 5.88 Å². The van der Waals surface area contributed by atoms with Crippen LogP contribution in [0.1, 0.15) is 5.56 Å². The Kier molecular flexibility index (Phi) is 5.11. The summed E-state index contributed by atoms with van der Waals surface area (Å²) in [4.78, 5) is 1.70. The standard InChI is InChI=1S/C11H9BrClN3/c12-10-2-1-9(8-13)11(7-10)16(5-3-14)6-4-15/h1-2,7H,5-6,8H2. The van der Waals surface area contributed by atoms with Gasteiger partial charge in [-0.3, -0.25) is 0 Å². The summed E-state index contributed by atoms with van der Waals surface area (Å²) < 4.78 is 0.900. The van der Waals surface area contributed by atoms with Crippen LogP contribution in [-0.4, -0.2) is 13.1 Å². The van der Waals surface area contributed by atoms with Crippen LogP contribution in [0.15, 0.2) is 22.7 Å². The second-order valence-corrected chi connectivity index (χ2v) is 4.26. The number of alkyl halides is 1. The van der Waals surface area contributed by atoms with Gasteiger partial charge in [-0.2, -0.15) is 10.5 Å². The van der Waals surface area contributed by atoms with Gasteiger partial charge in [0.25, 0.3) is 0 Å². The Morgan fingerprint density at radius 2 is 1.88 bits per heavy atom. The minimum absolute atomic E-state index is 0.175. The highest BCUT2D eigenvalue weighted by atomic mass is 79.9. The number of anilines is 1. The highest BCUT2D eigenvalue weighted by Gasteiger charge is 2.10. The Morgan fingerprint density at radius 3 is 2.38 bits per heavy atom. The van der Waals surface area contributed by atoms with E-state index in [9.17, 15) is 0 Å². The SMILES string of the molecule is N#CCN(CC#N)c1cc(Br)ccc1CCl. The molecule has 5 heteroatoms. The zero-order valence-electron chi connectivity index (χ0n) is 8.45. The average molecular weight is 299 g/mol. The topological polar surface area (TPSA) is 50.8 Å². The number of hydrogen-bond donors (Lipinski definition) is 0. The fraction of sp³-hybridized carbons (Fsp3) is 0.273. The van der Waals surface area contributed by atoms with E-state index in [1.54, 1.807) is 4.90 Å². The monoisotopic (exact) mass is 297 g/mol. The Bertz CT molecular complexity index is 432. The summed E-state index contributed by atoms with van der Waals surface area (Å²) in [7, 11) is 0. The maximum atomic E-state index is 8.71. The van der Waals surface area contributed by atoms with E-state index < -0.39 is 0 Å². The van der Waals surface area contributed by atoms with Crippen LogP contribution in [0.4, 0.5) is 5.69 Å². The fourth-order valence-electron chi connectivity index (χ4n) is 1.34. The summed E-state index contributed by atoms with van der Waals surface area (Å²) >= 11 is 9.18. The second kappa shape index (κ2) is 6.37. The molecule has 0 atom stereocenters. The average Bonchev–Trinajstić information content (AvgIpc) is 2.29. The highest BCUT2D eigenvalue weighted by Crippen LogP contribution is 2.26. The third-order valence-corrected chi connectivity index (χ3v) is 2.84. The predicted octanol–water partition coefficient (Wildman–Crippen LogP) is 3.04. The molecule has 16 heavy (non-hydrogen) atoms. The van der Waals surface area contributed by atoms with Crippen LogP contribution in [0.3, 0.4) is 0 Å². The molecule has 0 saturated carbocycles. The summed E-state index contributed by atoms with van der Waals surface area (Å²) in [6.07, 6.45) is 0. The van der Waals surface area contributed by atoms with Crippen molar-refractivity contribution in [2.45, 2.75) is 5.88 Å². The molecule has 0 spiro atoms. The third kappa shape index (κ3) is 3.13. The van der Waals surface area contributed by atoms with E-state index in [-0.39, 0.29) is 13.1 Å². The second-order valence-electron chi connectivity index (χ2n) is 3.08. The van der Waals surface area contributed by atoms with Crippen LogP contribution in [0.2, 0.25) is 0 Å². The molecule has 3 nitrogen and oxygen atoms in total. The third-order valence-electron chi connectivity index (χ3n) is 2.06. The van der Waals surface area contributed by atoms with Crippen molar-refractivity contribution >= 4 is 33.2 Å². The number of hydrogen-bond acceptors (Lipinski definition) is 3. The van der Waals surface area contributed by atoms with Gasteiger partial charge in [0, 0.05) is 16.0 Å². The maximum absolute atomic E-state index is 8.71. The van der Waals surface area contributed by atoms with Crippen molar-refractivity contribution < 1.29 is 0 Å². The molecule has 0 radical (unpaired) electrons. The van der Waals surface area contributed by atoms with Gasteiger partial charge in [0.05, 0.1) is 12.1 Å². The first-order valence-corrected chi connectivity index (χ1v) is 5.89. The van der Waals surface area contributed by atoms with Crippen molar-refractivity contribution in [3.8, 4) is 12.1 Å². The Labute approximate surface area is 108 Å². The van der Waals surface area contributed by atoms with E-state index in [2.05, 4.69) is 15.9 Å². The van der Waals surface area contributed by atoms with Crippen molar-refractivity contribution in [1.29, 1.82) is 10.5 Å². The molecule has 0 heterocycles. The van der Waals surface area contributed by atoms with E-state index in [0.717, 1.165) is 15.7 Å². The molecule has 0 fully saturated rings. The van der Waals surface area contributed by atoms with Gasteiger partial charge in [0.1, 0.15) is 13.1 Å². The number of nitriles is 2. The minimum Gasteiger partial charge on any atom is -0.345 e. The molecule has 1 rings (SSSR count). The smallest absolute Gasteiger partial charge is 0.106 e. The molecule has 1 aromatic rings. The summed E-state index contributed by atoms with van der Waals surface area (Å²) in [6, 6.07) is 9.71. The quantitative estimate of drug-likeness (QED) is 0.634. The lowest BCUT2D eigenvalue weighted by Crippen LogP contribution is -2.24. The molecule has 0 N–H and O–H groups in total. The van der Waals surface area contributed by atoms with Gasteiger partial charge in [0.15, 0.2) is 0 Å². The summed E-state index contributed by atoms with van der Waals surface area (Å²) in [5, 5.41) is 17.4.